The molecule has 0 atom stereocenters. The molecule has 5 heteroatoms. The Balaban J connectivity index is 2.81. The molecule has 21 heavy (non-hydrogen) atoms. The largest absolute Gasteiger partial charge is 0.478 e. The summed E-state index contributed by atoms with van der Waals surface area (Å²) < 4.78 is 0. The van der Waals surface area contributed by atoms with E-state index in [9.17, 15) is 4.79 Å². The Morgan fingerprint density at radius 3 is 2.19 bits per heavy atom. The van der Waals surface area contributed by atoms with Crippen molar-refractivity contribution in [2.45, 2.75) is 6.92 Å². The number of carboxylic acids is 1. The zero-order chi connectivity index (χ0) is 15.7. The van der Waals surface area contributed by atoms with E-state index in [2.05, 4.69) is 4.90 Å². The van der Waals surface area contributed by atoms with Gasteiger partial charge in [0.05, 0.1) is 0 Å². The zero-order valence-electron chi connectivity index (χ0n) is 11.9. The highest BCUT2D eigenvalue weighted by Gasteiger charge is 2.04. The summed E-state index contributed by atoms with van der Waals surface area (Å²) >= 11 is 11.6. The van der Waals surface area contributed by atoms with E-state index < -0.39 is 5.97 Å². The maximum Gasteiger partial charge on any atom is 0.328 e. The minimum Gasteiger partial charge on any atom is -0.478 e. The Morgan fingerprint density at radius 1 is 1.14 bits per heavy atom. The molecule has 1 aromatic carbocycles. The number of nitrogens with zero attached hydrogens (tertiary/aromatic N) is 1. The number of hydrogen-bond acceptors (Lipinski definition) is 2. The molecular formula is C16H19Cl2NO2. The molecular weight excluding hydrogens is 309 g/mol. The molecule has 0 unspecified atom stereocenters. The number of rotatable bonds is 8. The average Bonchev–Trinajstić information content (AvgIpc) is 2.46. The van der Waals surface area contributed by atoms with Crippen molar-refractivity contribution < 1.29 is 9.90 Å². The van der Waals surface area contributed by atoms with Gasteiger partial charge in [0.1, 0.15) is 0 Å². The number of halogens is 2. The van der Waals surface area contributed by atoms with E-state index >= 15 is 0 Å². The maximum absolute atomic E-state index is 10.5. The van der Waals surface area contributed by atoms with Crippen LogP contribution in [0.25, 0.3) is 6.08 Å². The van der Waals surface area contributed by atoms with Gasteiger partial charge in [-0.25, -0.2) is 4.79 Å². The van der Waals surface area contributed by atoms with Crippen LogP contribution in [-0.4, -0.2) is 35.9 Å². The number of hydrogen-bond donors (Lipinski definition) is 1. The van der Waals surface area contributed by atoms with Crippen molar-refractivity contribution >= 4 is 40.9 Å². The van der Waals surface area contributed by atoms with Gasteiger partial charge < -0.3 is 10.0 Å². The lowest BCUT2D eigenvalue weighted by Crippen LogP contribution is -2.27. The van der Waals surface area contributed by atoms with E-state index in [0.29, 0.717) is 11.8 Å². The predicted molar refractivity (Wildman–Crippen MR) is 90.5 cm³/mol. The first-order valence-electron chi connectivity index (χ1n) is 6.63. The lowest BCUT2D eigenvalue weighted by Gasteiger charge is -2.22. The number of benzene rings is 1. The topological polar surface area (TPSA) is 40.5 Å². The van der Waals surface area contributed by atoms with Crippen LogP contribution >= 0.6 is 23.2 Å². The molecule has 0 aromatic heterocycles. The van der Waals surface area contributed by atoms with Crippen LogP contribution < -0.4 is 4.90 Å². The Morgan fingerprint density at radius 2 is 1.71 bits per heavy atom. The third kappa shape index (κ3) is 6.69. The molecule has 0 saturated heterocycles. The van der Waals surface area contributed by atoms with Crippen LogP contribution in [0, 0.1) is 0 Å². The first kappa shape index (κ1) is 17.6. The Labute approximate surface area is 135 Å². The predicted octanol–water partition coefficient (Wildman–Crippen LogP) is 4.01. The fraction of sp³-hybridized carbons (Fsp3) is 0.312. The third-order valence-electron chi connectivity index (χ3n) is 2.85. The lowest BCUT2D eigenvalue weighted by atomic mass is 10.1. The first-order chi connectivity index (χ1) is 10.1. The molecule has 1 rings (SSSR count). The standard InChI is InChI=1S/C16H19Cl2NO2/c1-13(2-7-16(20)21)12-14-3-5-15(6-4-14)19(10-8-17)11-9-18/h2-7,12H,8-11H2,1H3,(H,20,21)/b7-2+,13-12+. The molecule has 0 spiro atoms. The number of allylic oxidation sites excluding steroid dienone is 2. The van der Waals surface area contributed by atoms with Crippen molar-refractivity contribution in [3.63, 3.8) is 0 Å². The number of alkyl halides is 2. The minimum absolute atomic E-state index is 0.553. The van der Waals surface area contributed by atoms with Gasteiger partial charge in [-0.2, -0.15) is 0 Å². The monoisotopic (exact) mass is 327 g/mol. The lowest BCUT2D eigenvalue weighted by molar-refractivity contribution is -0.131. The summed E-state index contributed by atoms with van der Waals surface area (Å²) in [5.74, 6) is 0.158. The SMILES string of the molecule is CC(/C=C/C(=O)O)=C\c1ccc(N(CCCl)CCCl)cc1. The Bertz CT molecular complexity index is 504. The van der Waals surface area contributed by atoms with Crippen molar-refractivity contribution in [1.82, 2.24) is 0 Å². The molecule has 3 nitrogen and oxygen atoms in total. The van der Waals surface area contributed by atoms with Crippen molar-refractivity contribution in [1.29, 1.82) is 0 Å². The van der Waals surface area contributed by atoms with E-state index in [1.165, 1.54) is 0 Å². The van der Waals surface area contributed by atoms with Crippen molar-refractivity contribution in [2.75, 3.05) is 29.7 Å². The number of carboxylic acid groups (broad SMARTS) is 1. The summed E-state index contributed by atoms with van der Waals surface area (Å²) in [6, 6.07) is 8.00. The van der Waals surface area contributed by atoms with E-state index in [1.807, 2.05) is 37.3 Å². The summed E-state index contributed by atoms with van der Waals surface area (Å²) in [6.45, 7) is 3.37. The maximum atomic E-state index is 10.5. The molecule has 0 radical (unpaired) electrons. The molecule has 1 aromatic rings. The fourth-order valence-electron chi connectivity index (χ4n) is 1.87. The van der Waals surface area contributed by atoms with Gasteiger partial charge in [-0.3, -0.25) is 0 Å². The molecule has 0 bridgehead atoms. The normalized spacial score (nSPS) is 11.9. The van der Waals surface area contributed by atoms with Gasteiger partial charge in [0, 0.05) is 36.6 Å². The van der Waals surface area contributed by atoms with Crippen molar-refractivity contribution in [3.8, 4) is 0 Å². The van der Waals surface area contributed by atoms with E-state index in [-0.39, 0.29) is 0 Å². The van der Waals surface area contributed by atoms with Gasteiger partial charge in [0.25, 0.3) is 0 Å². The van der Waals surface area contributed by atoms with Crippen LogP contribution in [0.15, 0.2) is 42.0 Å². The van der Waals surface area contributed by atoms with Crippen molar-refractivity contribution in [2.24, 2.45) is 0 Å². The second-order valence-electron chi connectivity index (χ2n) is 4.52. The van der Waals surface area contributed by atoms with Crippen LogP contribution in [0.5, 0.6) is 0 Å². The molecule has 114 valence electrons. The van der Waals surface area contributed by atoms with Gasteiger partial charge >= 0.3 is 5.97 Å². The van der Waals surface area contributed by atoms with Gasteiger partial charge in [-0.05, 0) is 24.6 Å². The molecule has 0 aliphatic carbocycles. The van der Waals surface area contributed by atoms with Crippen molar-refractivity contribution in [3.05, 3.63) is 47.6 Å². The first-order valence-corrected chi connectivity index (χ1v) is 7.70. The van der Waals surface area contributed by atoms with Crippen LogP contribution in [0.2, 0.25) is 0 Å². The van der Waals surface area contributed by atoms with Gasteiger partial charge in [0.15, 0.2) is 0 Å². The summed E-state index contributed by atoms with van der Waals surface area (Å²) in [5, 5.41) is 8.59. The molecule has 0 aliphatic heterocycles. The summed E-state index contributed by atoms with van der Waals surface area (Å²) in [7, 11) is 0. The van der Waals surface area contributed by atoms with Crippen LogP contribution in [0.3, 0.4) is 0 Å². The summed E-state index contributed by atoms with van der Waals surface area (Å²) in [6.07, 6.45) is 4.63. The fourth-order valence-corrected chi connectivity index (χ4v) is 2.28. The highest BCUT2D eigenvalue weighted by atomic mass is 35.5. The van der Waals surface area contributed by atoms with Gasteiger partial charge in [-0.15, -0.1) is 23.2 Å². The van der Waals surface area contributed by atoms with Crippen LogP contribution in [0.1, 0.15) is 12.5 Å². The molecule has 0 amide bonds. The third-order valence-corrected chi connectivity index (χ3v) is 3.19. The smallest absolute Gasteiger partial charge is 0.328 e. The number of carbonyl (C=O) groups is 1. The Hall–Kier alpha value is -1.45. The number of anilines is 1. The second-order valence-corrected chi connectivity index (χ2v) is 5.27. The van der Waals surface area contributed by atoms with Gasteiger partial charge in [-0.1, -0.05) is 29.9 Å². The molecule has 0 heterocycles. The molecule has 1 N–H and O–H groups in total. The summed E-state index contributed by atoms with van der Waals surface area (Å²) in [4.78, 5) is 12.6. The van der Waals surface area contributed by atoms with E-state index in [4.69, 9.17) is 28.3 Å². The highest BCUT2D eigenvalue weighted by Crippen LogP contribution is 2.17. The van der Waals surface area contributed by atoms with E-state index in [0.717, 1.165) is 36.0 Å². The van der Waals surface area contributed by atoms with E-state index in [1.54, 1.807) is 6.08 Å². The Kier molecular flexibility index (Phi) is 7.95. The molecule has 0 aliphatic rings. The summed E-state index contributed by atoms with van der Waals surface area (Å²) in [5.41, 5.74) is 2.97. The molecule has 0 fully saturated rings. The quantitative estimate of drug-likeness (QED) is 0.445. The minimum atomic E-state index is -0.948. The number of aliphatic carboxylic acids is 1. The molecule has 0 saturated carbocycles. The van der Waals surface area contributed by atoms with Crippen LogP contribution in [0.4, 0.5) is 5.69 Å². The zero-order valence-corrected chi connectivity index (χ0v) is 13.4. The van der Waals surface area contributed by atoms with Crippen LogP contribution in [-0.2, 0) is 4.79 Å². The van der Waals surface area contributed by atoms with Gasteiger partial charge in [0.2, 0.25) is 0 Å². The second kappa shape index (κ2) is 9.48. The average molecular weight is 328 g/mol. The highest BCUT2D eigenvalue weighted by molar-refractivity contribution is 6.18.